The Labute approximate surface area is 211 Å². The van der Waals surface area contributed by atoms with Gasteiger partial charge in [0, 0.05) is 24.2 Å². The van der Waals surface area contributed by atoms with Crippen molar-refractivity contribution in [2.24, 2.45) is 0 Å². The fraction of sp³-hybridized carbons (Fsp3) is 0.391. The summed E-state index contributed by atoms with van der Waals surface area (Å²) in [5.41, 5.74) is 0.611. The van der Waals surface area contributed by atoms with Crippen LogP contribution in [-0.4, -0.2) is 56.1 Å². The highest BCUT2D eigenvalue weighted by molar-refractivity contribution is 6.34. The highest BCUT2D eigenvalue weighted by Gasteiger charge is 2.20. The molecular weight excluding hydrogens is 489 g/mol. The van der Waals surface area contributed by atoms with Crippen LogP contribution in [0.15, 0.2) is 36.4 Å². The van der Waals surface area contributed by atoms with Crippen LogP contribution < -0.4 is 20.1 Å². The smallest absolute Gasteiger partial charge is 0.265 e. The molecule has 2 amide bonds. The van der Waals surface area contributed by atoms with Gasteiger partial charge in [-0.1, -0.05) is 37.0 Å². The van der Waals surface area contributed by atoms with E-state index in [9.17, 15) is 9.59 Å². The van der Waals surface area contributed by atoms with Crippen molar-refractivity contribution < 1.29 is 19.1 Å². The Morgan fingerprint density at radius 2 is 1.73 bits per heavy atom. The van der Waals surface area contributed by atoms with Crippen LogP contribution in [0.1, 0.15) is 31.1 Å². The number of benzene rings is 2. The zero-order valence-electron chi connectivity index (χ0n) is 19.1. The van der Waals surface area contributed by atoms with Crippen LogP contribution in [0.3, 0.4) is 0 Å². The lowest BCUT2D eigenvalue weighted by Gasteiger charge is -2.19. The van der Waals surface area contributed by atoms with Crippen molar-refractivity contribution in [2.75, 3.05) is 38.6 Å². The topological polar surface area (TPSA) is 79.9 Å². The third-order valence-electron chi connectivity index (χ3n) is 4.90. The Balaban J connectivity index is 0.00000544. The summed E-state index contributed by atoms with van der Waals surface area (Å²) in [6.45, 7) is 8.83. The van der Waals surface area contributed by atoms with E-state index in [2.05, 4.69) is 29.4 Å². The normalized spacial score (nSPS) is 11.4. The molecule has 2 aromatic carbocycles. The van der Waals surface area contributed by atoms with E-state index in [4.69, 9.17) is 32.7 Å². The minimum absolute atomic E-state index is 0. The number of carbonyl (C=O) groups is 2. The lowest BCUT2D eigenvalue weighted by Crippen LogP contribution is -2.35. The molecule has 1 atom stereocenters. The Bertz CT molecular complexity index is 922. The maximum atomic E-state index is 12.6. The zero-order valence-corrected chi connectivity index (χ0v) is 21.4. The lowest BCUT2D eigenvalue weighted by atomic mass is 10.1. The standard InChI is InChI=1S/C23H29Cl2N3O4.ClH/c1-5-28(6-2)12-11-26-23(30)18-13-19(25)20(14-21(18)31-4)27-22(29)15(3)32-17-9-7-16(24)8-10-17;/h7-10,13-15H,5-6,11-12H2,1-4H3,(H,26,30)(H,27,29);1H. The molecule has 0 aliphatic rings. The van der Waals surface area contributed by atoms with Gasteiger partial charge in [0.1, 0.15) is 11.5 Å². The summed E-state index contributed by atoms with van der Waals surface area (Å²) in [5, 5.41) is 6.38. The fourth-order valence-electron chi connectivity index (χ4n) is 2.96. The maximum Gasteiger partial charge on any atom is 0.265 e. The van der Waals surface area contributed by atoms with E-state index in [0.29, 0.717) is 34.3 Å². The summed E-state index contributed by atoms with van der Waals surface area (Å²) < 4.78 is 11.0. The van der Waals surface area contributed by atoms with Gasteiger partial charge < -0.3 is 25.0 Å². The average molecular weight is 519 g/mol. The van der Waals surface area contributed by atoms with Crippen LogP contribution >= 0.6 is 35.6 Å². The number of carbonyl (C=O) groups excluding carboxylic acids is 2. The molecule has 0 aromatic heterocycles. The number of anilines is 1. The molecule has 7 nitrogen and oxygen atoms in total. The fourth-order valence-corrected chi connectivity index (χ4v) is 3.30. The summed E-state index contributed by atoms with van der Waals surface area (Å²) in [7, 11) is 1.45. The van der Waals surface area contributed by atoms with E-state index in [0.717, 1.165) is 19.6 Å². The lowest BCUT2D eigenvalue weighted by molar-refractivity contribution is -0.122. The van der Waals surface area contributed by atoms with E-state index in [-0.39, 0.29) is 23.3 Å². The van der Waals surface area contributed by atoms with E-state index in [1.807, 2.05) is 0 Å². The van der Waals surface area contributed by atoms with Crippen molar-refractivity contribution >= 4 is 53.1 Å². The van der Waals surface area contributed by atoms with Gasteiger partial charge in [0.15, 0.2) is 6.10 Å². The van der Waals surface area contributed by atoms with E-state index < -0.39 is 12.0 Å². The van der Waals surface area contributed by atoms with E-state index in [1.165, 1.54) is 19.2 Å². The average Bonchev–Trinajstić information content (AvgIpc) is 2.79. The zero-order chi connectivity index (χ0) is 23.7. The first kappa shape index (κ1) is 28.8. The van der Waals surface area contributed by atoms with Crippen LogP contribution in [0, 0.1) is 0 Å². The molecule has 33 heavy (non-hydrogen) atoms. The first-order chi connectivity index (χ1) is 15.3. The van der Waals surface area contributed by atoms with Crippen LogP contribution in [0.5, 0.6) is 11.5 Å². The summed E-state index contributed by atoms with van der Waals surface area (Å²) in [4.78, 5) is 27.4. The Morgan fingerprint density at radius 3 is 2.30 bits per heavy atom. The van der Waals surface area contributed by atoms with Crippen molar-refractivity contribution in [2.45, 2.75) is 26.9 Å². The van der Waals surface area contributed by atoms with Crippen molar-refractivity contribution in [3.8, 4) is 11.5 Å². The molecule has 0 aliphatic heterocycles. The molecule has 2 rings (SSSR count). The number of amides is 2. The van der Waals surface area contributed by atoms with Gasteiger partial charge in [-0.3, -0.25) is 9.59 Å². The van der Waals surface area contributed by atoms with E-state index in [1.54, 1.807) is 31.2 Å². The number of likely N-dealkylation sites (N-methyl/N-ethyl adjacent to an activating group) is 1. The van der Waals surface area contributed by atoms with Gasteiger partial charge in [-0.05, 0) is 50.3 Å². The number of nitrogens with zero attached hydrogens (tertiary/aromatic N) is 1. The molecule has 2 N–H and O–H groups in total. The number of methoxy groups -OCH3 is 1. The molecule has 0 saturated carbocycles. The van der Waals surface area contributed by atoms with Crippen molar-refractivity contribution in [3.63, 3.8) is 0 Å². The summed E-state index contributed by atoms with van der Waals surface area (Å²) in [6, 6.07) is 9.71. The second-order valence-electron chi connectivity index (χ2n) is 7.02. The van der Waals surface area contributed by atoms with Gasteiger partial charge in [0.25, 0.3) is 11.8 Å². The number of hydrogen-bond donors (Lipinski definition) is 2. The number of hydrogen-bond acceptors (Lipinski definition) is 5. The molecule has 182 valence electrons. The molecule has 0 radical (unpaired) electrons. The van der Waals surface area contributed by atoms with Gasteiger partial charge in [0.05, 0.1) is 23.4 Å². The Kier molecular flexibility index (Phi) is 12.4. The van der Waals surface area contributed by atoms with Gasteiger partial charge >= 0.3 is 0 Å². The number of rotatable bonds is 11. The van der Waals surface area contributed by atoms with Crippen LogP contribution in [0.4, 0.5) is 5.69 Å². The molecule has 0 saturated heterocycles. The largest absolute Gasteiger partial charge is 0.496 e. The Morgan fingerprint density at radius 1 is 1.09 bits per heavy atom. The summed E-state index contributed by atoms with van der Waals surface area (Å²) in [5.74, 6) is 0.113. The number of ether oxygens (including phenoxy) is 2. The molecule has 1 unspecified atom stereocenters. The van der Waals surface area contributed by atoms with Gasteiger partial charge in [0.2, 0.25) is 0 Å². The van der Waals surface area contributed by atoms with E-state index >= 15 is 0 Å². The molecule has 0 heterocycles. The quantitative estimate of drug-likeness (QED) is 0.442. The second-order valence-corrected chi connectivity index (χ2v) is 7.86. The summed E-state index contributed by atoms with van der Waals surface area (Å²) >= 11 is 12.2. The molecule has 0 fully saturated rings. The number of halogens is 3. The van der Waals surface area contributed by atoms with Gasteiger partial charge in [-0.2, -0.15) is 0 Å². The summed E-state index contributed by atoms with van der Waals surface area (Å²) in [6.07, 6.45) is -0.790. The van der Waals surface area contributed by atoms with Gasteiger partial charge in [-0.25, -0.2) is 0 Å². The van der Waals surface area contributed by atoms with Crippen LogP contribution in [0.2, 0.25) is 10.0 Å². The maximum absolute atomic E-state index is 12.6. The first-order valence-corrected chi connectivity index (χ1v) is 11.2. The molecule has 2 aromatic rings. The molecular formula is C23H30Cl3N3O4. The highest BCUT2D eigenvalue weighted by atomic mass is 35.5. The second kappa shape index (κ2) is 14.2. The molecule has 0 spiro atoms. The highest BCUT2D eigenvalue weighted by Crippen LogP contribution is 2.31. The Hall–Kier alpha value is -2.19. The van der Waals surface area contributed by atoms with Crippen molar-refractivity contribution in [1.29, 1.82) is 0 Å². The van der Waals surface area contributed by atoms with Crippen molar-refractivity contribution in [3.05, 3.63) is 52.0 Å². The SMILES string of the molecule is CCN(CC)CCNC(=O)c1cc(Cl)c(NC(=O)C(C)Oc2ccc(Cl)cc2)cc1OC.Cl. The predicted molar refractivity (Wildman–Crippen MR) is 136 cm³/mol. The van der Waals surface area contributed by atoms with Crippen molar-refractivity contribution in [1.82, 2.24) is 10.2 Å². The minimum Gasteiger partial charge on any atom is -0.496 e. The van der Waals surface area contributed by atoms with Crippen LogP contribution in [-0.2, 0) is 4.79 Å². The third-order valence-corrected chi connectivity index (χ3v) is 5.46. The molecule has 0 bridgehead atoms. The monoisotopic (exact) mass is 517 g/mol. The van der Waals surface area contributed by atoms with Crippen LogP contribution in [0.25, 0.3) is 0 Å². The molecule has 10 heteroatoms. The minimum atomic E-state index is -0.790. The predicted octanol–water partition coefficient (Wildman–Crippen LogP) is 4.90. The third kappa shape index (κ3) is 8.59. The first-order valence-electron chi connectivity index (χ1n) is 10.4. The number of nitrogens with one attached hydrogen (secondary N) is 2. The van der Waals surface area contributed by atoms with Gasteiger partial charge in [-0.15, -0.1) is 12.4 Å². The molecule has 0 aliphatic carbocycles.